The van der Waals surface area contributed by atoms with E-state index in [1.807, 2.05) is 49.4 Å². The quantitative estimate of drug-likeness (QED) is 0.861. The third-order valence-corrected chi connectivity index (χ3v) is 4.36. The molecule has 0 spiro atoms. The van der Waals surface area contributed by atoms with E-state index in [0.29, 0.717) is 18.9 Å². The topological polar surface area (TPSA) is 74.0 Å². The fraction of sp³-hybridized carbons (Fsp3) is 0.350. The van der Waals surface area contributed by atoms with E-state index in [-0.39, 0.29) is 11.9 Å². The molecule has 2 atom stereocenters. The summed E-state index contributed by atoms with van der Waals surface area (Å²) in [5, 5.41) is 0. The number of nitrogens with two attached hydrogens (primary N) is 1. The van der Waals surface area contributed by atoms with E-state index in [2.05, 4.69) is 0 Å². The molecule has 0 bridgehead atoms. The Morgan fingerprint density at radius 1 is 1.19 bits per heavy atom. The minimum atomic E-state index is -0.523. The number of rotatable bonds is 6. The number of fused-ring (bicyclic) bond motifs is 1. The van der Waals surface area contributed by atoms with Gasteiger partial charge in [0.2, 0.25) is 0 Å². The summed E-state index contributed by atoms with van der Waals surface area (Å²) in [6.07, 6.45) is -0.523. The van der Waals surface area contributed by atoms with Crippen molar-refractivity contribution in [1.29, 1.82) is 0 Å². The van der Waals surface area contributed by atoms with Gasteiger partial charge in [-0.1, -0.05) is 6.07 Å². The lowest BCUT2D eigenvalue weighted by atomic mass is 10.1. The Kier molecular flexibility index (Phi) is 5.32. The van der Waals surface area contributed by atoms with Crippen LogP contribution >= 0.6 is 0 Å². The summed E-state index contributed by atoms with van der Waals surface area (Å²) in [5.41, 5.74) is 7.67. The number of carbonyl (C=O) groups excluding carboxylic acids is 1. The average Bonchev–Trinajstić information content (AvgIpc) is 2.65. The smallest absolute Gasteiger partial charge is 0.267 e. The summed E-state index contributed by atoms with van der Waals surface area (Å²) in [6, 6.07) is 12.9. The van der Waals surface area contributed by atoms with Gasteiger partial charge in [-0.2, -0.15) is 0 Å². The lowest BCUT2D eigenvalue weighted by Crippen LogP contribution is -2.46. The molecule has 0 saturated carbocycles. The molecular weight excluding hydrogens is 332 g/mol. The SMILES string of the molecule is COc1ccc(OCCN2C(=O)C(C)Oc3ccc(C(C)N)cc32)cc1. The highest BCUT2D eigenvalue weighted by atomic mass is 16.5. The Morgan fingerprint density at radius 2 is 1.88 bits per heavy atom. The zero-order valence-corrected chi connectivity index (χ0v) is 15.3. The third-order valence-electron chi connectivity index (χ3n) is 4.36. The molecule has 0 saturated heterocycles. The second-order valence-corrected chi connectivity index (χ2v) is 6.29. The number of hydrogen-bond acceptors (Lipinski definition) is 5. The number of ether oxygens (including phenoxy) is 3. The van der Waals surface area contributed by atoms with Crippen LogP contribution in [0, 0.1) is 0 Å². The first kappa shape index (κ1) is 18.1. The van der Waals surface area contributed by atoms with Crippen LogP contribution in [0.25, 0.3) is 0 Å². The summed E-state index contributed by atoms with van der Waals surface area (Å²) in [7, 11) is 1.62. The van der Waals surface area contributed by atoms with Crippen LogP contribution in [-0.2, 0) is 4.79 Å². The number of anilines is 1. The van der Waals surface area contributed by atoms with Gasteiger partial charge in [0, 0.05) is 6.04 Å². The van der Waals surface area contributed by atoms with Crippen LogP contribution in [-0.4, -0.2) is 32.3 Å². The first-order chi connectivity index (χ1) is 12.5. The Balaban J connectivity index is 1.73. The summed E-state index contributed by atoms with van der Waals surface area (Å²) < 4.78 is 16.6. The van der Waals surface area contributed by atoms with Gasteiger partial charge in [0.25, 0.3) is 5.91 Å². The van der Waals surface area contributed by atoms with Crippen LogP contribution in [0.5, 0.6) is 17.2 Å². The molecule has 1 aliphatic heterocycles. The molecular formula is C20H24N2O4. The predicted molar refractivity (Wildman–Crippen MR) is 100.0 cm³/mol. The van der Waals surface area contributed by atoms with Crippen molar-refractivity contribution in [2.75, 3.05) is 25.2 Å². The summed E-state index contributed by atoms with van der Waals surface area (Å²) >= 11 is 0. The molecule has 0 fully saturated rings. The maximum absolute atomic E-state index is 12.6. The fourth-order valence-electron chi connectivity index (χ4n) is 2.86. The van der Waals surface area contributed by atoms with Gasteiger partial charge < -0.3 is 24.8 Å². The lowest BCUT2D eigenvalue weighted by molar-refractivity contribution is -0.125. The first-order valence-corrected chi connectivity index (χ1v) is 8.64. The van der Waals surface area contributed by atoms with Gasteiger partial charge in [-0.15, -0.1) is 0 Å². The molecule has 2 aromatic rings. The molecule has 6 nitrogen and oxygen atoms in total. The molecule has 6 heteroatoms. The molecule has 3 rings (SSSR count). The van der Waals surface area contributed by atoms with Gasteiger partial charge in [0.15, 0.2) is 6.10 Å². The van der Waals surface area contributed by atoms with Gasteiger partial charge >= 0.3 is 0 Å². The van der Waals surface area contributed by atoms with E-state index in [1.54, 1.807) is 18.9 Å². The van der Waals surface area contributed by atoms with Crippen molar-refractivity contribution in [3.8, 4) is 17.2 Å². The molecule has 138 valence electrons. The van der Waals surface area contributed by atoms with Crippen LogP contribution in [0.15, 0.2) is 42.5 Å². The Hall–Kier alpha value is -2.73. The van der Waals surface area contributed by atoms with Gasteiger partial charge in [0.1, 0.15) is 23.9 Å². The number of nitrogens with zero attached hydrogens (tertiary/aromatic N) is 1. The zero-order chi connectivity index (χ0) is 18.7. The average molecular weight is 356 g/mol. The molecule has 2 unspecified atom stereocenters. The van der Waals surface area contributed by atoms with Gasteiger partial charge in [-0.3, -0.25) is 4.79 Å². The molecule has 0 radical (unpaired) electrons. The van der Waals surface area contributed by atoms with Gasteiger partial charge in [0.05, 0.1) is 19.3 Å². The molecule has 26 heavy (non-hydrogen) atoms. The fourth-order valence-corrected chi connectivity index (χ4v) is 2.86. The molecule has 2 N–H and O–H groups in total. The van der Waals surface area contributed by atoms with Crippen LogP contribution in [0.1, 0.15) is 25.5 Å². The van der Waals surface area contributed by atoms with E-state index in [1.165, 1.54) is 0 Å². The Labute approximate surface area is 153 Å². The van der Waals surface area contributed by atoms with E-state index >= 15 is 0 Å². The van der Waals surface area contributed by atoms with Crippen molar-refractivity contribution in [2.24, 2.45) is 5.73 Å². The molecule has 1 aliphatic rings. The number of carbonyl (C=O) groups is 1. The number of amides is 1. The highest BCUT2D eigenvalue weighted by Crippen LogP contribution is 2.35. The molecule has 1 amide bonds. The second kappa shape index (κ2) is 7.66. The zero-order valence-electron chi connectivity index (χ0n) is 15.3. The van der Waals surface area contributed by atoms with E-state index < -0.39 is 6.10 Å². The molecule has 0 aromatic heterocycles. The summed E-state index contributed by atoms with van der Waals surface area (Å²) in [4.78, 5) is 14.3. The van der Waals surface area contributed by atoms with Crippen molar-refractivity contribution in [2.45, 2.75) is 26.0 Å². The van der Waals surface area contributed by atoms with E-state index in [9.17, 15) is 4.79 Å². The largest absolute Gasteiger partial charge is 0.497 e. The second-order valence-electron chi connectivity index (χ2n) is 6.29. The van der Waals surface area contributed by atoms with Crippen molar-refractivity contribution in [1.82, 2.24) is 0 Å². The first-order valence-electron chi connectivity index (χ1n) is 8.64. The normalized spacial score (nSPS) is 17.3. The lowest BCUT2D eigenvalue weighted by Gasteiger charge is -2.33. The molecule has 0 aliphatic carbocycles. The van der Waals surface area contributed by atoms with Crippen LogP contribution in [0.2, 0.25) is 0 Å². The standard InChI is InChI=1S/C20H24N2O4/c1-13(21)15-4-9-19-18(12-15)22(20(23)14(2)26-19)10-11-25-17-7-5-16(24-3)6-8-17/h4-9,12-14H,10-11,21H2,1-3H3. The number of hydrogen-bond donors (Lipinski definition) is 1. The van der Waals surface area contributed by atoms with Crippen LogP contribution < -0.4 is 24.8 Å². The summed E-state index contributed by atoms with van der Waals surface area (Å²) in [5.74, 6) is 2.10. The predicted octanol–water partition coefficient (Wildman–Crippen LogP) is 2.91. The van der Waals surface area contributed by atoms with Gasteiger partial charge in [-0.05, 0) is 55.8 Å². The minimum absolute atomic E-state index is 0.0855. The Bertz CT molecular complexity index is 774. The minimum Gasteiger partial charge on any atom is -0.497 e. The van der Waals surface area contributed by atoms with E-state index in [0.717, 1.165) is 22.7 Å². The highest BCUT2D eigenvalue weighted by molar-refractivity contribution is 5.99. The van der Waals surface area contributed by atoms with Crippen molar-refractivity contribution in [3.63, 3.8) is 0 Å². The maximum Gasteiger partial charge on any atom is 0.267 e. The van der Waals surface area contributed by atoms with Crippen molar-refractivity contribution in [3.05, 3.63) is 48.0 Å². The van der Waals surface area contributed by atoms with E-state index in [4.69, 9.17) is 19.9 Å². The third kappa shape index (κ3) is 3.75. The molecule has 2 aromatic carbocycles. The number of methoxy groups -OCH3 is 1. The van der Waals surface area contributed by atoms with Gasteiger partial charge in [-0.25, -0.2) is 0 Å². The Morgan fingerprint density at radius 3 is 2.54 bits per heavy atom. The maximum atomic E-state index is 12.6. The highest BCUT2D eigenvalue weighted by Gasteiger charge is 2.31. The van der Waals surface area contributed by atoms with Crippen molar-refractivity contribution < 1.29 is 19.0 Å². The van der Waals surface area contributed by atoms with Crippen LogP contribution in [0.3, 0.4) is 0 Å². The van der Waals surface area contributed by atoms with Crippen molar-refractivity contribution >= 4 is 11.6 Å². The summed E-state index contributed by atoms with van der Waals surface area (Å²) in [6.45, 7) is 4.45. The molecule has 1 heterocycles. The number of benzene rings is 2. The monoisotopic (exact) mass is 356 g/mol. The van der Waals surface area contributed by atoms with Crippen LogP contribution in [0.4, 0.5) is 5.69 Å².